The first kappa shape index (κ1) is 13.9. The molecule has 0 saturated heterocycles. The van der Waals surface area contributed by atoms with Gasteiger partial charge in [0.05, 0.1) is 0 Å². The number of nitrogens with two attached hydrogens (primary N) is 1. The molecule has 2 nitrogen and oxygen atoms in total. The van der Waals surface area contributed by atoms with E-state index in [2.05, 4.69) is 18.2 Å². The number of hydrogen-bond donors (Lipinski definition) is 1. The molecule has 2 rings (SSSR count). The lowest BCUT2D eigenvalue weighted by Gasteiger charge is -2.16. The molecule has 2 aromatic carbocycles. The van der Waals surface area contributed by atoms with Crippen molar-refractivity contribution >= 4 is 22.4 Å². The Hall–Kier alpha value is -1.51. The smallest absolute Gasteiger partial charge is 0.132 e. The normalized spacial score (nSPS) is 13.6. The minimum atomic E-state index is -0.0695. The van der Waals surface area contributed by atoms with E-state index in [1.165, 1.54) is 5.54 Å². The van der Waals surface area contributed by atoms with Crippen LogP contribution in [0.4, 0.5) is 0 Å². The number of hydrogen-bond acceptors (Lipinski definition) is 2. The quantitative estimate of drug-likeness (QED) is 0.899. The molecule has 1 atom stereocenters. The van der Waals surface area contributed by atoms with Gasteiger partial charge in [-0.1, -0.05) is 48.0 Å². The van der Waals surface area contributed by atoms with Crippen LogP contribution in [0.2, 0.25) is 0 Å². The monoisotopic (exact) mass is 275 g/mol. The maximum Gasteiger partial charge on any atom is 0.132 e. The molecule has 0 aliphatic carbocycles. The first-order valence-electron chi connectivity index (χ1n) is 6.29. The zero-order chi connectivity index (χ0) is 13.8. The zero-order valence-corrected chi connectivity index (χ0v) is 11.9. The Kier molecular flexibility index (Phi) is 4.46. The average Bonchev–Trinajstić information content (AvgIpc) is 2.43. The molecule has 2 N–H and O–H groups in total. The first-order valence-corrected chi connectivity index (χ1v) is 6.73. The van der Waals surface area contributed by atoms with Crippen LogP contribution in [-0.4, -0.2) is 6.61 Å². The summed E-state index contributed by atoms with van der Waals surface area (Å²) in [6.45, 7) is 4.36. The van der Waals surface area contributed by atoms with Gasteiger partial charge in [-0.15, -0.1) is 0 Å². The molecule has 0 heterocycles. The zero-order valence-electron chi connectivity index (χ0n) is 11.2. The highest BCUT2D eigenvalue weighted by Crippen LogP contribution is 2.33. The molecule has 0 bridgehead atoms. The van der Waals surface area contributed by atoms with Crippen molar-refractivity contribution in [1.29, 1.82) is 0 Å². The van der Waals surface area contributed by atoms with Crippen LogP contribution in [0.15, 0.2) is 47.5 Å². The molecule has 100 valence electrons. The van der Waals surface area contributed by atoms with Crippen LogP contribution in [0.25, 0.3) is 10.8 Å². The highest BCUT2D eigenvalue weighted by Gasteiger charge is 2.12. The number of halogens is 1. The van der Waals surface area contributed by atoms with Gasteiger partial charge in [-0.05, 0) is 24.8 Å². The van der Waals surface area contributed by atoms with Crippen LogP contribution in [-0.2, 0) is 0 Å². The molecule has 0 aliphatic rings. The lowest BCUT2D eigenvalue weighted by atomic mass is 10.0. The number of ether oxygens (including phenoxy) is 1. The fraction of sp³-hybridized carbons (Fsp3) is 0.250. The van der Waals surface area contributed by atoms with Crippen molar-refractivity contribution < 1.29 is 4.74 Å². The van der Waals surface area contributed by atoms with Crippen LogP contribution in [0.3, 0.4) is 0 Å². The van der Waals surface area contributed by atoms with Crippen LogP contribution >= 0.6 is 11.6 Å². The van der Waals surface area contributed by atoms with E-state index in [1.807, 2.05) is 32.0 Å². The Bertz CT molecular complexity index is 605. The van der Waals surface area contributed by atoms with E-state index in [0.29, 0.717) is 6.61 Å². The van der Waals surface area contributed by atoms with Crippen LogP contribution in [0.5, 0.6) is 5.75 Å². The van der Waals surface area contributed by atoms with Gasteiger partial charge in [-0.3, -0.25) is 0 Å². The topological polar surface area (TPSA) is 35.2 Å². The summed E-state index contributed by atoms with van der Waals surface area (Å²) in [5.41, 5.74) is 9.55. The Morgan fingerprint density at radius 2 is 2.05 bits per heavy atom. The molecule has 3 heteroatoms. The maximum absolute atomic E-state index is 6.02. The van der Waals surface area contributed by atoms with Gasteiger partial charge in [0.25, 0.3) is 0 Å². The van der Waals surface area contributed by atoms with Crippen molar-refractivity contribution in [3.8, 4) is 5.75 Å². The van der Waals surface area contributed by atoms with Crippen molar-refractivity contribution in [2.24, 2.45) is 5.73 Å². The summed E-state index contributed by atoms with van der Waals surface area (Å²) >= 11 is 5.67. The van der Waals surface area contributed by atoms with Gasteiger partial charge < -0.3 is 10.5 Å². The molecule has 0 radical (unpaired) electrons. The third kappa shape index (κ3) is 3.09. The van der Waals surface area contributed by atoms with Gasteiger partial charge in [0, 0.05) is 22.5 Å². The summed E-state index contributed by atoms with van der Waals surface area (Å²) < 4.78 is 5.93. The Labute approximate surface area is 118 Å². The van der Waals surface area contributed by atoms with E-state index in [1.54, 1.807) is 0 Å². The van der Waals surface area contributed by atoms with E-state index in [4.69, 9.17) is 22.1 Å². The standard InChI is InChI=1S/C16H18ClNO/c1-11(9-17)10-19-16-14(12(2)18)8-7-13-5-3-4-6-15(13)16/h3-9,12H,10,18H2,1-2H3/b11-9+/t12-/m0/s1. The lowest BCUT2D eigenvalue weighted by Crippen LogP contribution is -2.09. The van der Waals surface area contributed by atoms with Gasteiger partial charge in [0.2, 0.25) is 0 Å². The Morgan fingerprint density at radius 1 is 1.32 bits per heavy atom. The molecule has 0 fully saturated rings. The highest BCUT2D eigenvalue weighted by molar-refractivity contribution is 6.25. The van der Waals surface area contributed by atoms with Crippen molar-refractivity contribution in [2.75, 3.05) is 6.61 Å². The molecule has 0 unspecified atom stereocenters. The summed E-state index contributed by atoms with van der Waals surface area (Å²) in [5, 5.41) is 2.23. The van der Waals surface area contributed by atoms with Crippen LogP contribution < -0.4 is 10.5 Å². The number of benzene rings is 2. The third-order valence-corrected chi connectivity index (χ3v) is 3.40. The van der Waals surface area contributed by atoms with Crippen molar-refractivity contribution in [1.82, 2.24) is 0 Å². The Morgan fingerprint density at radius 3 is 2.74 bits per heavy atom. The molecule has 0 aromatic heterocycles. The summed E-state index contributed by atoms with van der Waals surface area (Å²) in [5.74, 6) is 0.853. The van der Waals surface area contributed by atoms with Gasteiger partial charge in [-0.2, -0.15) is 0 Å². The second-order valence-corrected chi connectivity index (χ2v) is 4.96. The average molecular weight is 276 g/mol. The lowest BCUT2D eigenvalue weighted by molar-refractivity contribution is 0.351. The summed E-state index contributed by atoms with van der Waals surface area (Å²) in [6.07, 6.45) is 0. The van der Waals surface area contributed by atoms with E-state index in [-0.39, 0.29) is 6.04 Å². The molecule has 0 saturated carbocycles. The summed E-state index contributed by atoms with van der Waals surface area (Å²) in [7, 11) is 0. The molecule has 19 heavy (non-hydrogen) atoms. The first-order chi connectivity index (χ1) is 9.13. The van der Waals surface area contributed by atoms with Crippen LogP contribution in [0.1, 0.15) is 25.5 Å². The second kappa shape index (κ2) is 6.09. The summed E-state index contributed by atoms with van der Waals surface area (Å²) in [4.78, 5) is 0. The minimum absolute atomic E-state index is 0.0695. The second-order valence-electron chi connectivity index (χ2n) is 4.74. The number of rotatable bonds is 4. The fourth-order valence-electron chi connectivity index (χ4n) is 2.00. The van der Waals surface area contributed by atoms with Crippen molar-refractivity contribution in [3.63, 3.8) is 0 Å². The van der Waals surface area contributed by atoms with E-state index in [9.17, 15) is 0 Å². The summed E-state index contributed by atoms with van der Waals surface area (Å²) in [6, 6.07) is 12.2. The van der Waals surface area contributed by atoms with E-state index in [0.717, 1.165) is 27.7 Å². The van der Waals surface area contributed by atoms with E-state index >= 15 is 0 Å². The molecular weight excluding hydrogens is 258 g/mol. The Balaban J connectivity index is 2.49. The fourth-order valence-corrected chi connectivity index (χ4v) is 2.06. The molecule has 0 aliphatic heterocycles. The molecule has 0 spiro atoms. The predicted octanol–water partition coefficient (Wildman–Crippen LogP) is 4.38. The van der Waals surface area contributed by atoms with Crippen molar-refractivity contribution in [3.05, 3.63) is 53.1 Å². The van der Waals surface area contributed by atoms with Gasteiger partial charge in [0.1, 0.15) is 12.4 Å². The van der Waals surface area contributed by atoms with Gasteiger partial charge in [-0.25, -0.2) is 0 Å². The predicted molar refractivity (Wildman–Crippen MR) is 81.7 cm³/mol. The van der Waals surface area contributed by atoms with E-state index < -0.39 is 0 Å². The third-order valence-electron chi connectivity index (χ3n) is 3.03. The molecule has 2 aromatic rings. The van der Waals surface area contributed by atoms with Crippen molar-refractivity contribution in [2.45, 2.75) is 19.9 Å². The van der Waals surface area contributed by atoms with Crippen LogP contribution in [0, 0.1) is 0 Å². The van der Waals surface area contributed by atoms with Gasteiger partial charge in [0.15, 0.2) is 0 Å². The molecule has 0 amide bonds. The largest absolute Gasteiger partial charge is 0.488 e. The minimum Gasteiger partial charge on any atom is -0.488 e. The SMILES string of the molecule is C/C(=C\Cl)COc1c([C@H](C)N)ccc2ccccc12. The highest BCUT2D eigenvalue weighted by atomic mass is 35.5. The molecular formula is C16H18ClNO. The maximum atomic E-state index is 6.02. The number of fused-ring (bicyclic) bond motifs is 1. The van der Waals surface area contributed by atoms with Gasteiger partial charge >= 0.3 is 0 Å².